The van der Waals surface area contributed by atoms with Gasteiger partial charge >= 0.3 is 11.9 Å². The fourth-order valence-electron chi connectivity index (χ4n) is 4.25. The van der Waals surface area contributed by atoms with Crippen LogP contribution in [-0.4, -0.2) is 23.0 Å². The molecule has 0 radical (unpaired) electrons. The van der Waals surface area contributed by atoms with Crippen molar-refractivity contribution >= 4 is 11.9 Å². The second kappa shape index (κ2) is 13.2. The summed E-state index contributed by atoms with van der Waals surface area (Å²) in [5.74, 6) is -1.42. The summed E-state index contributed by atoms with van der Waals surface area (Å²) >= 11 is 0. The normalized spacial score (nSPS) is 17.9. The number of carbonyl (C=O) groups is 2. The third-order valence-corrected chi connectivity index (χ3v) is 6.42. The maximum Gasteiger partial charge on any atom is 0.386 e. The molecular weight excluding hydrogens is 456 g/mol. The first-order chi connectivity index (χ1) is 17.5. The number of nitriles is 2. The van der Waals surface area contributed by atoms with E-state index in [1.54, 1.807) is 60.7 Å². The lowest BCUT2D eigenvalue weighted by molar-refractivity contribution is -0.187. The van der Waals surface area contributed by atoms with Gasteiger partial charge in [-0.3, -0.25) is 0 Å². The highest BCUT2D eigenvalue weighted by atomic mass is 17.2. The van der Waals surface area contributed by atoms with Crippen LogP contribution in [0.4, 0.5) is 0 Å². The van der Waals surface area contributed by atoms with Crippen molar-refractivity contribution < 1.29 is 19.4 Å². The molecule has 0 saturated heterocycles. The van der Waals surface area contributed by atoms with Crippen LogP contribution in [0.2, 0.25) is 0 Å². The zero-order valence-electron chi connectivity index (χ0n) is 20.3. The smallest absolute Gasteiger partial charge is 0.242 e. The van der Waals surface area contributed by atoms with E-state index in [2.05, 4.69) is 32.1 Å². The van der Waals surface area contributed by atoms with Gasteiger partial charge in [-0.2, -0.15) is 20.8 Å². The number of hydrogen-bond acceptors (Lipinski definition) is 8. The Morgan fingerprint density at radius 1 is 0.611 bits per heavy atom. The van der Waals surface area contributed by atoms with Crippen LogP contribution in [-0.2, 0) is 9.78 Å². The van der Waals surface area contributed by atoms with Crippen molar-refractivity contribution in [3.8, 4) is 12.1 Å². The highest BCUT2D eigenvalue weighted by Crippen LogP contribution is 2.36. The molecule has 2 aliphatic rings. The Bertz CT molecular complexity index is 1020. The maximum atomic E-state index is 11.5. The highest BCUT2D eigenvalue weighted by molar-refractivity contribution is 5.92. The summed E-state index contributed by atoms with van der Waals surface area (Å²) in [6.07, 6.45) is 9.76. The van der Waals surface area contributed by atoms with E-state index in [0.29, 0.717) is 11.1 Å². The molecule has 0 bridgehead atoms. The maximum absolute atomic E-state index is 11.5. The zero-order chi connectivity index (χ0) is 25.7. The lowest BCUT2D eigenvalue weighted by atomic mass is 9.82. The third kappa shape index (κ3) is 7.48. The van der Waals surface area contributed by atoms with E-state index in [1.165, 1.54) is 12.8 Å². The molecule has 0 N–H and O–H groups in total. The fraction of sp³-hybridized carbons (Fsp3) is 0.429. The molecule has 36 heavy (non-hydrogen) atoms. The second-order valence-corrected chi connectivity index (χ2v) is 9.08. The zero-order valence-corrected chi connectivity index (χ0v) is 20.3. The van der Waals surface area contributed by atoms with Crippen LogP contribution >= 0.6 is 0 Å². The van der Waals surface area contributed by atoms with Gasteiger partial charge in [0.05, 0.1) is 23.3 Å². The standard InChI is InChI=1S/C14H20N4.C14H10O4/c15-11-13(7-3-1-4-8-13)17-18-14(12-16)9-5-2-6-10-14;15-13(11-7-3-1-4-8-11)17-18-14(16)12-9-5-2-6-10-12/h1-10H2;1-10H. The van der Waals surface area contributed by atoms with Crippen molar-refractivity contribution in [2.45, 2.75) is 75.3 Å². The van der Waals surface area contributed by atoms with E-state index < -0.39 is 23.0 Å². The molecule has 2 fully saturated rings. The average Bonchev–Trinajstić information content (AvgIpc) is 2.97. The van der Waals surface area contributed by atoms with Gasteiger partial charge < -0.3 is 0 Å². The summed E-state index contributed by atoms with van der Waals surface area (Å²) in [5, 5.41) is 27.4. The molecule has 8 heteroatoms. The first-order valence-electron chi connectivity index (χ1n) is 12.3. The van der Waals surface area contributed by atoms with Crippen molar-refractivity contribution in [2.24, 2.45) is 10.2 Å². The second-order valence-electron chi connectivity index (χ2n) is 9.08. The molecular formula is C28H30N4O4. The summed E-state index contributed by atoms with van der Waals surface area (Å²) < 4.78 is 0. The quantitative estimate of drug-likeness (QED) is 0.276. The van der Waals surface area contributed by atoms with Crippen molar-refractivity contribution in [1.29, 1.82) is 10.5 Å². The van der Waals surface area contributed by atoms with Crippen LogP contribution in [0.3, 0.4) is 0 Å². The number of azo groups is 1. The lowest BCUT2D eigenvalue weighted by Crippen LogP contribution is -2.31. The molecule has 186 valence electrons. The van der Waals surface area contributed by atoms with E-state index >= 15 is 0 Å². The minimum Gasteiger partial charge on any atom is -0.242 e. The summed E-state index contributed by atoms with van der Waals surface area (Å²) in [5.41, 5.74) is -0.643. The Hall–Kier alpha value is -4.04. The molecule has 0 aromatic heterocycles. The van der Waals surface area contributed by atoms with Gasteiger partial charge in [0.1, 0.15) is 0 Å². The molecule has 2 saturated carbocycles. The Balaban J connectivity index is 0.000000201. The van der Waals surface area contributed by atoms with E-state index in [9.17, 15) is 20.1 Å². The van der Waals surface area contributed by atoms with Gasteiger partial charge in [-0.25, -0.2) is 19.4 Å². The number of rotatable bonds is 4. The molecule has 8 nitrogen and oxygen atoms in total. The van der Waals surface area contributed by atoms with Gasteiger partial charge in [-0.15, -0.1) is 0 Å². The van der Waals surface area contributed by atoms with Gasteiger partial charge in [0.15, 0.2) is 11.1 Å². The predicted molar refractivity (Wildman–Crippen MR) is 131 cm³/mol. The fourth-order valence-corrected chi connectivity index (χ4v) is 4.25. The Kier molecular flexibility index (Phi) is 9.71. The van der Waals surface area contributed by atoms with Crippen molar-refractivity contribution in [3.63, 3.8) is 0 Å². The highest BCUT2D eigenvalue weighted by Gasteiger charge is 2.36. The first kappa shape index (κ1) is 26.6. The topological polar surface area (TPSA) is 125 Å². The van der Waals surface area contributed by atoms with E-state index in [1.807, 2.05) is 0 Å². The van der Waals surface area contributed by atoms with Crippen LogP contribution in [0.1, 0.15) is 84.9 Å². The van der Waals surface area contributed by atoms with Crippen LogP contribution < -0.4 is 0 Å². The SMILES string of the molecule is N#CC1(N=NC2(C#N)CCCCC2)CCCCC1.O=C(OOC(=O)c1ccccc1)c1ccccc1. The number of carbonyl (C=O) groups excluding carboxylic acids is 2. The Labute approximate surface area is 211 Å². The molecule has 0 amide bonds. The first-order valence-corrected chi connectivity index (χ1v) is 12.3. The minimum atomic E-state index is -0.708. The minimum absolute atomic E-state index is 0.318. The largest absolute Gasteiger partial charge is 0.386 e. The van der Waals surface area contributed by atoms with Crippen molar-refractivity contribution in [1.82, 2.24) is 0 Å². The molecule has 0 unspecified atom stereocenters. The van der Waals surface area contributed by atoms with Crippen LogP contribution in [0.15, 0.2) is 70.9 Å². The van der Waals surface area contributed by atoms with Crippen molar-refractivity contribution in [3.05, 3.63) is 71.8 Å². The van der Waals surface area contributed by atoms with E-state index in [0.717, 1.165) is 51.4 Å². The monoisotopic (exact) mass is 486 g/mol. The van der Waals surface area contributed by atoms with Crippen molar-refractivity contribution in [2.75, 3.05) is 0 Å². The van der Waals surface area contributed by atoms with Gasteiger partial charge in [0.2, 0.25) is 0 Å². The molecule has 2 aliphatic carbocycles. The van der Waals surface area contributed by atoms with E-state index in [4.69, 9.17) is 0 Å². The van der Waals surface area contributed by atoms with Crippen LogP contribution in [0.5, 0.6) is 0 Å². The summed E-state index contributed by atoms with van der Waals surface area (Å²) in [7, 11) is 0. The third-order valence-electron chi connectivity index (χ3n) is 6.42. The number of benzene rings is 2. The molecule has 0 heterocycles. The summed E-state index contributed by atoms with van der Waals surface area (Å²) in [6.45, 7) is 0. The van der Waals surface area contributed by atoms with Gasteiger partial charge in [-0.05, 0) is 75.6 Å². The van der Waals surface area contributed by atoms with E-state index in [-0.39, 0.29) is 0 Å². The van der Waals surface area contributed by atoms with Gasteiger partial charge in [-0.1, -0.05) is 49.2 Å². The summed E-state index contributed by atoms with van der Waals surface area (Å²) in [6, 6.07) is 21.2. The van der Waals surface area contributed by atoms with Gasteiger partial charge in [0, 0.05) is 0 Å². The molecule has 0 spiro atoms. The van der Waals surface area contributed by atoms with Gasteiger partial charge in [0.25, 0.3) is 0 Å². The van der Waals surface area contributed by atoms with Crippen LogP contribution in [0.25, 0.3) is 0 Å². The molecule has 0 atom stereocenters. The van der Waals surface area contributed by atoms with Crippen LogP contribution in [0, 0.1) is 22.7 Å². The Morgan fingerprint density at radius 3 is 1.25 bits per heavy atom. The lowest BCUT2D eigenvalue weighted by Gasteiger charge is -2.29. The average molecular weight is 487 g/mol. The molecule has 4 rings (SSSR count). The number of nitrogens with zero attached hydrogens (tertiary/aromatic N) is 4. The summed E-state index contributed by atoms with van der Waals surface area (Å²) in [4.78, 5) is 31.9. The molecule has 2 aromatic carbocycles. The molecule has 2 aromatic rings. The molecule has 0 aliphatic heterocycles. The Morgan fingerprint density at radius 2 is 0.944 bits per heavy atom. The number of hydrogen-bond donors (Lipinski definition) is 0. The predicted octanol–water partition coefficient (Wildman–Crippen LogP) is 6.51.